The highest BCUT2D eigenvalue weighted by Gasteiger charge is 2.40. The zero-order valence-corrected chi connectivity index (χ0v) is 22.3. The highest BCUT2D eigenvalue weighted by atomic mass is 19.4. The number of primary amides is 1. The highest BCUT2D eigenvalue weighted by Crippen LogP contribution is 2.31. The third kappa shape index (κ3) is 6.56. The molecular formula is C28H20F5N7O4. The summed E-state index contributed by atoms with van der Waals surface area (Å²) >= 11 is 0. The molecule has 2 atom stereocenters. The number of hydrogen-bond acceptors (Lipinski definition) is 7. The molecule has 0 aliphatic carbocycles. The van der Waals surface area contributed by atoms with Crippen LogP contribution in [0.2, 0.25) is 0 Å². The number of anilines is 1. The molecule has 11 nitrogen and oxygen atoms in total. The fourth-order valence-corrected chi connectivity index (χ4v) is 4.61. The molecule has 44 heavy (non-hydrogen) atoms. The van der Waals surface area contributed by atoms with Crippen molar-refractivity contribution in [2.24, 2.45) is 5.73 Å². The molecule has 1 aliphatic heterocycles. The number of ether oxygens (including phenoxy) is 1. The number of fused-ring (bicyclic) bond motifs is 1. The summed E-state index contributed by atoms with van der Waals surface area (Å²) in [6.45, 7) is -1.02. The topological polar surface area (TPSA) is 145 Å². The summed E-state index contributed by atoms with van der Waals surface area (Å²) in [6, 6.07) is 7.59. The Morgan fingerprint density at radius 1 is 1.09 bits per heavy atom. The van der Waals surface area contributed by atoms with Gasteiger partial charge in [0.1, 0.15) is 18.8 Å². The van der Waals surface area contributed by atoms with Crippen LogP contribution in [0.4, 0.5) is 27.6 Å². The first-order chi connectivity index (χ1) is 20.9. The molecule has 3 N–H and O–H groups in total. The molecule has 0 spiro atoms. The largest absolute Gasteiger partial charge is 0.573 e. The molecule has 1 fully saturated rings. The Bertz CT molecular complexity index is 1820. The molecule has 0 saturated carbocycles. The monoisotopic (exact) mass is 613 g/mol. The van der Waals surface area contributed by atoms with Gasteiger partial charge in [0.25, 0.3) is 5.91 Å². The number of alkyl halides is 4. The maximum atomic E-state index is 14.6. The van der Waals surface area contributed by atoms with Crippen LogP contribution in [-0.2, 0) is 16.1 Å². The van der Waals surface area contributed by atoms with Crippen LogP contribution < -0.4 is 15.8 Å². The van der Waals surface area contributed by atoms with Crippen molar-refractivity contribution in [2.45, 2.75) is 31.5 Å². The number of likely N-dealkylation sites (tertiary alicyclic amines) is 1. The van der Waals surface area contributed by atoms with Crippen molar-refractivity contribution in [3.05, 3.63) is 77.8 Å². The summed E-state index contributed by atoms with van der Waals surface area (Å²) in [6.07, 6.45) is -4.20. The fraction of sp³-hybridized carbons (Fsp3) is 0.214. The molecule has 16 heteroatoms. The number of carbonyl (C=O) groups excluding carboxylic acids is 3. The lowest BCUT2D eigenvalue weighted by atomic mass is 10.1. The van der Waals surface area contributed by atoms with Crippen LogP contribution in [-0.4, -0.2) is 67.5 Å². The number of amides is 3. The standard InChI is InChI=1S/C28H20F5N7O4/c29-16-12-20(27(43)37-18-3-1-4-21(24(18)30)44-28(31,32)33)39(13-16)23(41)14-40-19-7-5-15(6-8-22-35-9-2-10-36-22)11-17(19)25(38-40)26(34)42/h1-5,7,9-11,16,20H,12-14H2,(H2,34,42)(H,37,43)/t16-,20+/m1/s1. The van der Waals surface area contributed by atoms with E-state index in [0.717, 1.165) is 21.7 Å². The summed E-state index contributed by atoms with van der Waals surface area (Å²) < 4.78 is 71.6. The zero-order chi connectivity index (χ0) is 31.6. The first kappa shape index (κ1) is 29.9. The highest BCUT2D eigenvalue weighted by molar-refractivity contribution is 6.05. The van der Waals surface area contributed by atoms with E-state index in [9.17, 15) is 36.3 Å². The van der Waals surface area contributed by atoms with Gasteiger partial charge in [0.2, 0.25) is 17.6 Å². The molecule has 0 bridgehead atoms. The van der Waals surface area contributed by atoms with Gasteiger partial charge in [-0.3, -0.25) is 19.1 Å². The van der Waals surface area contributed by atoms with Crippen LogP contribution >= 0.6 is 0 Å². The van der Waals surface area contributed by atoms with E-state index in [1.807, 2.05) is 0 Å². The molecule has 4 aromatic rings. The quantitative estimate of drug-likeness (QED) is 0.251. The van der Waals surface area contributed by atoms with E-state index in [1.54, 1.807) is 18.2 Å². The van der Waals surface area contributed by atoms with Gasteiger partial charge in [0.15, 0.2) is 17.3 Å². The van der Waals surface area contributed by atoms with Gasteiger partial charge in [-0.25, -0.2) is 18.7 Å². The van der Waals surface area contributed by atoms with Gasteiger partial charge in [0.05, 0.1) is 17.7 Å². The number of rotatable bonds is 6. The first-order valence-electron chi connectivity index (χ1n) is 12.8. The third-order valence-electron chi connectivity index (χ3n) is 6.47. The van der Waals surface area contributed by atoms with Gasteiger partial charge >= 0.3 is 6.36 Å². The summed E-state index contributed by atoms with van der Waals surface area (Å²) in [5, 5.41) is 6.52. The lowest BCUT2D eigenvalue weighted by Crippen LogP contribution is -2.44. The van der Waals surface area contributed by atoms with E-state index in [1.165, 1.54) is 18.5 Å². The lowest BCUT2D eigenvalue weighted by molar-refractivity contribution is -0.275. The van der Waals surface area contributed by atoms with E-state index in [2.05, 4.69) is 37.0 Å². The number of carbonyl (C=O) groups is 3. The Labute approximate surface area is 244 Å². The second kappa shape index (κ2) is 12.0. The number of hydrogen-bond donors (Lipinski definition) is 2. The van der Waals surface area contributed by atoms with Gasteiger partial charge < -0.3 is 20.7 Å². The first-order valence-corrected chi connectivity index (χ1v) is 12.8. The second-order valence-corrected chi connectivity index (χ2v) is 9.47. The number of nitrogens with one attached hydrogen (secondary N) is 1. The van der Waals surface area contributed by atoms with Crippen molar-refractivity contribution in [1.29, 1.82) is 0 Å². The average molecular weight is 614 g/mol. The van der Waals surface area contributed by atoms with E-state index >= 15 is 0 Å². The normalized spacial score (nSPS) is 16.3. The number of aromatic nitrogens is 4. The molecule has 2 aromatic carbocycles. The predicted molar refractivity (Wildman–Crippen MR) is 143 cm³/mol. The van der Waals surface area contributed by atoms with Crippen LogP contribution in [0.1, 0.15) is 28.3 Å². The molecule has 1 aliphatic rings. The van der Waals surface area contributed by atoms with Crippen molar-refractivity contribution in [1.82, 2.24) is 24.6 Å². The molecular weight excluding hydrogens is 593 g/mol. The summed E-state index contributed by atoms with van der Waals surface area (Å²) in [5.41, 5.74) is 5.46. The van der Waals surface area contributed by atoms with Crippen molar-refractivity contribution in [3.8, 4) is 17.6 Å². The maximum Gasteiger partial charge on any atom is 0.573 e. The Morgan fingerprint density at radius 3 is 2.55 bits per heavy atom. The van der Waals surface area contributed by atoms with Crippen molar-refractivity contribution < 1.29 is 41.1 Å². The number of nitrogens with zero attached hydrogens (tertiary/aromatic N) is 5. The Morgan fingerprint density at radius 2 is 1.84 bits per heavy atom. The SMILES string of the molecule is NC(=O)c1nn(CC(=O)N2C[C@H](F)C[C@H]2C(=O)Nc2cccc(OC(F)(F)F)c2F)c2ccc(C#Cc3ncccn3)cc12. The number of nitrogens with two attached hydrogens (primary N) is 1. The second-order valence-electron chi connectivity index (χ2n) is 9.47. The minimum absolute atomic E-state index is 0.164. The third-order valence-corrected chi connectivity index (χ3v) is 6.47. The molecule has 0 unspecified atom stereocenters. The van der Waals surface area contributed by atoms with Gasteiger partial charge in [0, 0.05) is 29.8 Å². The Kier molecular flexibility index (Phi) is 8.12. The molecule has 226 valence electrons. The Balaban J connectivity index is 1.36. The summed E-state index contributed by atoms with van der Waals surface area (Å²) in [5.74, 6) is 0.516. The maximum absolute atomic E-state index is 14.6. The van der Waals surface area contributed by atoms with Crippen molar-refractivity contribution in [3.63, 3.8) is 0 Å². The zero-order valence-electron chi connectivity index (χ0n) is 22.3. The molecule has 3 amide bonds. The summed E-state index contributed by atoms with van der Waals surface area (Å²) in [7, 11) is 0. The average Bonchev–Trinajstić information content (AvgIpc) is 3.54. The van der Waals surface area contributed by atoms with Crippen LogP contribution in [0.3, 0.4) is 0 Å². The van der Waals surface area contributed by atoms with Crippen molar-refractivity contribution >= 4 is 34.3 Å². The van der Waals surface area contributed by atoms with Crippen LogP contribution in [0, 0.1) is 17.7 Å². The van der Waals surface area contributed by atoms with Gasteiger partial charge in [-0.15, -0.1) is 13.2 Å². The molecule has 2 aromatic heterocycles. The number of halogens is 5. The smallest absolute Gasteiger partial charge is 0.403 e. The minimum atomic E-state index is -5.18. The van der Waals surface area contributed by atoms with E-state index < -0.39 is 73.1 Å². The van der Waals surface area contributed by atoms with E-state index in [0.29, 0.717) is 17.1 Å². The van der Waals surface area contributed by atoms with Crippen LogP contribution in [0.15, 0.2) is 54.9 Å². The lowest BCUT2D eigenvalue weighted by Gasteiger charge is -2.24. The molecule has 5 rings (SSSR count). The molecule has 0 radical (unpaired) electrons. The Hall–Kier alpha value is -5.59. The van der Waals surface area contributed by atoms with Crippen LogP contribution in [0.5, 0.6) is 5.75 Å². The molecule has 1 saturated heterocycles. The van der Waals surface area contributed by atoms with Crippen LogP contribution in [0.25, 0.3) is 10.9 Å². The van der Waals surface area contributed by atoms with Gasteiger partial charge in [-0.2, -0.15) is 5.10 Å². The van der Waals surface area contributed by atoms with Gasteiger partial charge in [-0.1, -0.05) is 12.0 Å². The fourth-order valence-electron chi connectivity index (χ4n) is 4.61. The predicted octanol–water partition coefficient (Wildman–Crippen LogP) is 2.94. The number of benzene rings is 2. The minimum Gasteiger partial charge on any atom is -0.403 e. The summed E-state index contributed by atoms with van der Waals surface area (Å²) in [4.78, 5) is 47.3. The molecule has 3 heterocycles. The van der Waals surface area contributed by atoms with Crippen molar-refractivity contribution in [2.75, 3.05) is 11.9 Å². The van der Waals surface area contributed by atoms with E-state index in [4.69, 9.17) is 5.73 Å². The van der Waals surface area contributed by atoms with E-state index in [-0.39, 0.29) is 16.9 Å². The van der Waals surface area contributed by atoms with Gasteiger partial charge in [-0.05, 0) is 42.3 Å².